The Morgan fingerprint density at radius 1 is 0.857 bits per heavy atom. The number of aromatic nitrogens is 1. The van der Waals surface area contributed by atoms with Crippen LogP contribution >= 0.6 is 0 Å². The van der Waals surface area contributed by atoms with E-state index in [2.05, 4.69) is 46.5 Å². The van der Waals surface area contributed by atoms with Crippen molar-refractivity contribution in [1.82, 2.24) is 4.98 Å². The van der Waals surface area contributed by atoms with Crippen molar-refractivity contribution in [1.29, 1.82) is 0 Å². The fraction of sp³-hybridized carbons (Fsp3) is 0.750. The van der Waals surface area contributed by atoms with Gasteiger partial charge in [0, 0.05) is 11.8 Å². The van der Waals surface area contributed by atoms with E-state index in [9.17, 15) is 0 Å². The van der Waals surface area contributed by atoms with Gasteiger partial charge in [0.05, 0.1) is 5.69 Å². The molecule has 2 nitrogen and oxygen atoms in total. The number of oxazole rings is 1. The zero-order valence-electron chi connectivity index (χ0n) is 10.1. The van der Waals surface area contributed by atoms with Crippen molar-refractivity contribution in [2.75, 3.05) is 0 Å². The molecule has 0 spiro atoms. The van der Waals surface area contributed by atoms with Gasteiger partial charge in [-0.15, -0.1) is 0 Å². The highest BCUT2D eigenvalue weighted by Crippen LogP contribution is 2.29. The molecule has 0 unspecified atom stereocenters. The van der Waals surface area contributed by atoms with Gasteiger partial charge in [-0.05, 0) is 5.92 Å². The smallest absolute Gasteiger partial charge is 0.197 e. The summed E-state index contributed by atoms with van der Waals surface area (Å²) in [5.74, 6) is 3.18. The van der Waals surface area contributed by atoms with Crippen molar-refractivity contribution in [2.24, 2.45) is 0 Å². The highest BCUT2D eigenvalue weighted by Gasteiger charge is 2.19. The maximum atomic E-state index is 5.79. The van der Waals surface area contributed by atoms with Crippen LogP contribution in [0.25, 0.3) is 0 Å². The van der Waals surface area contributed by atoms with Crippen LogP contribution in [-0.4, -0.2) is 4.98 Å². The van der Waals surface area contributed by atoms with Crippen molar-refractivity contribution in [3.8, 4) is 0 Å². The van der Waals surface area contributed by atoms with E-state index in [0.29, 0.717) is 17.8 Å². The van der Waals surface area contributed by atoms with E-state index in [4.69, 9.17) is 4.42 Å². The molecule has 80 valence electrons. The van der Waals surface area contributed by atoms with Gasteiger partial charge in [0.25, 0.3) is 0 Å². The molecule has 0 aromatic carbocycles. The van der Waals surface area contributed by atoms with E-state index in [1.807, 2.05) is 0 Å². The SMILES string of the molecule is CC(C)c1nc(C(C)C)c(C(C)C)o1. The van der Waals surface area contributed by atoms with Crippen LogP contribution in [0, 0.1) is 0 Å². The van der Waals surface area contributed by atoms with Crippen molar-refractivity contribution in [2.45, 2.75) is 59.3 Å². The molecule has 0 amide bonds. The summed E-state index contributed by atoms with van der Waals surface area (Å²) in [6, 6.07) is 0. The molecular weight excluding hydrogens is 174 g/mol. The molecule has 0 fully saturated rings. The van der Waals surface area contributed by atoms with Gasteiger partial charge in [-0.2, -0.15) is 0 Å². The van der Waals surface area contributed by atoms with E-state index in [0.717, 1.165) is 17.3 Å². The van der Waals surface area contributed by atoms with Gasteiger partial charge < -0.3 is 4.42 Å². The van der Waals surface area contributed by atoms with Gasteiger partial charge in [-0.25, -0.2) is 4.98 Å². The molecule has 2 heteroatoms. The Bertz CT molecular complexity index is 272. The fourth-order valence-corrected chi connectivity index (χ4v) is 1.44. The first-order valence-electron chi connectivity index (χ1n) is 5.44. The lowest BCUT2D eigenvalue weighted by Crippen LogP contribution is -1.95. The molecule has 0 bridgehead atoms. The van der Waals surface area contributed by atoms with E-state index < -0.39 is 0 Å². The second-order valence-corrected chi connectivity index (χ2v) is 4.77. The second kappa shape index (κ2) is 4.16. The average molecular weight is 195 g/mol. The van der Waals surface area contributed by atoms with Crippen molar-refractivity contribution >= 4 is 0 Å². The minimum absolute atomic E-state index is 0.375. The van der Waals surface area contributed by atoms with Crippen molar-refractivity contribution in [3.05, 3.63) is 17.3 Å². The number of rotatable bonds is 3. The summed E-state index contributed by atoms with van der Waals surface area (Å²) in [6.07, 6.45) is 0. The minimum atomic E-state index is 0.375. The Morgan fingerprint density at radius 3 is 1.71 bits per heavy atom. The van der Waals surface area contributed by atoms with Gasteiger partial charge in [0.1, 0.15) is 5.76 Å². The quantitative estimate of drug-likeness (QED) is 0.727. The normalized spacial score (nSPS) is 12.1. The molecule has 14 heavy (non-hydrogen) atoms. The van der Waals surface area contributed by atoms with Gasteiger partial charge in [0.2, 0.25) is 0 Å². The maximum absolute atomic E-state index is 5.79. The van der Waals surface area contributed by atoms with Gasteiger partial charge >= 0.3 is 0 Å². The molecule has 1 aromatic rings. The highest BCUT2D eigenvalue weighted by molar-refractivity contribution is 5.17. The van der Waals surface area contributed by atoms with Crippen molar-refractivity contribution < 1.29 is 4.42 Å². The lowest BCUT2D eigenvalue weighted by atomic mass is 10.0. The Labute approximate surface area is 86.7 Å². The second-order valence-electron chi connectivity index (χ2n) is 4.77. The summed E-state index contributed by atoms with van der Waals surface area (Å²) in [7, 11) is 0. The van der Waals surface area contributed by atoms with Crippen LogP contribution in [0.5, 0.6) is 0 Å². The molecule has 1 rings (SSSR count). The third-order valence-corrected chi connectivity index (χ3v) is 2.26. The maximum Gasteiger partial charge on any atom is 0.197 e. The van der Waals surface area contributed by atoms with Crippen LogP contribution in [0.2, 0.25) is 0 Å². The van der Waals surface area contributed by atoms with Crippen LogP contribution in [0.1, 0.15) is 76.6 Å². The molecule has 0 aliphatic carbocycles. The number of hydrogen-bond donors (Lipinski definition) is 0. The van der Waals surface area contributed by atoms with E-state index >= 15 is 0 Å². The molecule has 0 aliphatic rings. The summed E-state index contributed by atoms with van der Waals surface area (Å²) in [4.78, 5) is 4.56. The first-order valence-corrected chi connectivity index (χ1v) is 5.44. The minimum Gasteiger partial charge on any atom is -0.445 e. The lowest BCUT2D eigenvalue weighted by molar-refractivity contribution is 0.420. The number of hydrogen-bond acceptors (Lipinski definition) is 2. The van der Waals surface area contributed by atoms with E-state index in [1.165, 1.54) is 0 Å². The van der Waals surface area contributed by atoms with Crippen LogP contribution in [0.4, 0.5) is 0 Å². The molecule has 1 heterocycles. The van der Waals surface area contributed by atoms with Crippen LogP contribution < -0.4 is 0 Å². The third-order valence-electron chi connectivity index (χ3n) is 2.26. The Hall–Kier alpha value is -0.790. The zero-order valence-corrected chi connectivity index (χ0v) is 10.1. The summed E-state index contributed by atoms with van der Waals surface area (Å²) in [5.41, 5.74) is 1.13. The van der Waals surface area contributed by atoms with E-state index in [-0.39, 0.29) is 0 Å². The first-order chi connectivity index (χ1) is 6.43. The van der Waals surface area contributed by atoms with Gasteiger partial charge in [-0.1, -0.05) is 41.5 Å². The largest absolute Gasteiger partial charge is 0.445 e. The average Bonchev–Trinajstić information content (AvgIpc) is 2.47. The van der Waals surface area contributed by atoms with Crippen LogP contribution in [-0.2, 0) is 0 Å². The molecule has 0 saturated carbocycles. The summed E-state index contributed by atoms with van der Waals surface area (Å²) in [5, 5.41) is 0. The standard InChI is InChI=1S/C12H21NO/c1-7(2)10-11(8(3)4)14-12(13-10)9(5)6/h7-9H,1-6H3. The van der Waals surface area contributed by atoms with Crippen LogP contribution in [0.3, 0.4) is 0 Å². The molecule has 0 saturated heterocycles. The summed E-state index contributed by atoms with van der Waals surface area (Å²) >= 11 is 0. The Kier molecular flexibility index (Phi) is 3.35. The topological polar surface area (TPSA) is 26.0 Å². The Balaban J connectivity index is 3.12. The molecule has 0 atom stereocenters. The highest BCUT2D eigenvalue weighted by atomic mass is 16.4. The summed E-state index contributed by atoms with van der Waals surface area (Å²) in [6.45, 7) is 12.8. The Morgan fingerprint density at radius 2 is 1.43 bits per heavy atom. The van der Waals surface area contributed by atoms with Crippen LogP contribution in [0.15, 0.2) is 4.42 Å². The van der Waals surface area contributed by atoms with Crippen molar-refractivity contribution in [3.63, 3.8) is 0 Å². The molecular formula is C12H21NO. The summed E-state index contributed by atoms with van der Waals surface area (Å²) < 4.78 is 5.79. The van der Waals surface area contributed by atoms with Gasteiger partial charge in [-0.3, -0.25) is 0 Å². The van der Waals surface area contributed by atoms with Gasteiger partial charge in [0.15, 0.2) is 5.89 Å². The first kappa shape index (κ1) is 11.3. The molecule has 0 N–H and O–H groups in total. The fourth-order valence-electron chi connectivity index (χ4n) is 1.44. The molecule has 0 aliphatic heterocycles. The zero-order chi connectivity index (χ0) is 10.9. The molecule has 0 radical (unpaired) electrons. The predicted octanol–water partition coefficient (Wildman–Crippen LogP) is 4.04. The van der Waals surface area contributed by atoms with E-state index in [1.54, 1.807) is 0 Å². The third kappa shape index (κ3) is 2.17. The lowest BCUT2D eigenvalue weighted by Gasteiger charge is -2.05. The molecule has 1 aromatic heterocycles. The number of nitrogens with zero attached hydrogens (tertiary/aromatic N) is 1. The predicted molar refractivity (Wildman–Crippen MR) is 58.8 cm³/mol. The monoisotopic (exact) mass is 195 g/mol.